The summed E-state index contributed by atoms with van der Waals surface area (Å²) in [4.78, 5) is 11.3. The van der Waals surface area contributed by atoms with Crippen LogP contribution in [0.5, 0.6) is 0 Å². The van der Waals surface area contributed by atoms with Gasteiger partial charge in [0.05, 0.1) is 5.69 Å². The minimum atomic E-state index is -4.88. The molecule has 0 aliphatic rings. The summed E-state index contributed by atoms with van der Waals surface area (Å²) in [7, 11) is -9.54. The van der Waals surface area contributed by atoms with Gasteiger partial charge in [0.2, 0.25) is 0 Å². The zero-order valence-corrected chi connectivity index (χ0v) is 16.6. The first-order chi connectivity index (χ1) is 13.4. The summed E-state index contributed by atoms with van der Waals surface area (Å²) in [5, 5.41) is 2.06. The molecule has 0 atom stereocenters. The van der Waals surface area contributed by atoms with Gasteiger partial charge in [-0.05, 0) is 36.8 Å². The lowest BCUT2D eigenvalue weighted by Crippen LogP contribution is -2.15. The van der Waals surface area contributed by atoms with Gasteiger partial charge in [0.1, 0.15) is 9.79 Å². The van der Waals surface area contributed by atoms with Crippen LogP contribution in [0.15, 0.2) is 58.3 Å². The molecule has 0 aliphatic carbocycles. The van der Waals surface area contributed by atoms with E-state index in [4.69, 9.17) is 5.73 Å². The molecule has 0 saturated heterocycles. The Hall–Kier alpha value is -2.99. The Morgan fingerprint density at radius 2 is 1.62 bits per heavy atom. The van der Waals surface area contributed by atoms with Gasteiger partial charge in [-0.1, -0.05) is 24.3 Å². The molecule has 152 valence electrons. The van der Waals surface area contributed by atoms with Gasteiger partial charge < -0.3 is 11.1 Å². The van der Waals surface area contributed by atoms with E-state index in [0.29, 0.717) is 5.69 Å². The number of nitrogens with one attached hydrogen (secondary N) is 1. The SMILES string of the molecule is Cc1ccc(C(=O)Nc2ccc3c(S(=O)(=O)O)cccc3c2S(=O)(=O)O)cc1N. The third-order valence-corrected chi connectivity index (χ3v) is 6.17. The van der Waals surface area contributed by atoms with Crippen LogP contribution in [0.2, 0.25) is 0 Å². The van der Waals surface area contributed by atoms with E-state index in [-0.39, 0.29) is 22.0 Å². The minimum absolute atomic E-state index is 0.139. The van der Waals surface area contributed by atoms with Gasteiger partial charge in [0, 0.05) is 22.0 Å². The maximum Gasteiger partial charge on any atom is 0.297 e. The fourth-order valence-electron chi connectivity index (χ4n) is 2.88. The highest BCUT2D eigenvalue weighted by Crippen LogP contribution is 2.34. The normalized spacial score (nSPS) is 12.1. The summed E-state index contributed by atoms with van der Waals surface area (Å²) >= 11 is 0. The summed E-state index contributed by atoms with van der Waals surface area (Å²) < 4.78 is 66.3. The molecule has 0 saturated carbocycles. The zero-order valence-electron chi connectivity index (χ0n) is 14.9. The second-order valence-corrected chi connectivity index (χ2v) is 9.02. The Morgan fingerprint density at radius 3 is 2.21 bits per heavy atom. The van der Waals surface area contributed by atoms with Crippen LogP contribution in [0.1, 0.15) is 15.9 Å². The molecule has 5 N–H and O–H groups in total. The number of aryl methyl sites for hydroxylation is 1. The van der Waals surface area contributed by atoms with Crippen LogP contribution < -0.4 is 11.1 Å². The first-order valence-electron chi connectivity index (χ1n) is 8.08. The third-order valence-electron chi connectivity index (χ3n) is 4.30. The van der Waals surface area contributed by atoms with Crippen molar-refractivity contribution in [2.75, 3.05) is 11.1 Å². The molecule has 29 heavy (non-hydrogen) atoms. The van der Waals surface area contributed by atoms with E-state index in [2.05, 4.69) is 5.32 Å². The average molecular weight is 436 g/mol. The smallest absolute Gasteiger partial charge is 0.297 e. The highest BCUT2D eigenvalue weighted by molar-refractivity contribution is 7.86. The highest BCUT2D eigenvalue weighted by atomic mass is 32.2. The Kier molecular flexibility index (Phi) is 5.09. The van der Waals surface area contributed by atoms with Crippen LogP contribution in [-0.4, -0.2) is 31.8 Å². The third kappa shape index (κ3) is 4.07. The van der Waals surface area contributed by atoms with Crippen molar-refractivity contribution < 1.29 is 30.7 Å². The molecule has 9 nitrogen and oxygen atoms in total. The molecule has 3 aromatic carbocycles. The van der Waals surface area contributed by atoms with Crippen molar-refractivity contribution in [3.63, 3.8) is 0 Å². The number of nitrogens with two attached hydrogens (primary N) is 1. The second kappa shape index (κ2) is 7.12. The van der Waals surface area contributed by atoms with Crippen LogP contribution in [0.3, 0.4) is 0 Å². The molecular formula is C18H16N2O7S2. The average Bonchev–Trinajstić information content (AvgIpc) is 2.61. The van der Waals surface area contributed by atoms with Crippen molar-refractivity contribution in [1.82, 2.24) is 0 Å². The van der Waals surface area contributed by atoms with Gasteiger partial charge in [-0.3, -0.25) is 13.9 Å². The lowest BCUT2D eigenvalue weighted by Gasteiger charge is -2.14. The topological polar surface area (TPSA) is 164 Å². The van der Waals surface area contributed by atoms with E-state index >= 15 is 0 Å². The predicted molar refractivity (Wildman–Crippen MR) is 107 cm³/mol. The molecule has 0 aromatic heterocycles. The quantitative estimate of drug-likeness (QED) is 0.358. The van der Waals surface area contributed by atoms with Gasteiger partial charge in [0.15, 0.2) is 0 Å². The number of hydrogen-bond donors (Lipinski definition) is 4. The number of carbonyl (C=O) groups excluding carboxylic acids is 1. The second-order valence-electron chi connectivity index (χ2n) is 6.27. The number of hydrogen-bond acceptors (Lipinski definition) is 6. The molecule has 0 radical (unpaired) electrons. The predicted octanol–water partition coefficient (Wildman–Crippen LogP) is 2.48. The van der Waals surface area contributed by atoms with Crippen molar-refractivity contribution >= 4 is 48.3 Å². The molecule has 1 amide bonds. The Morgan fingerprint density at radius 1 is 0.931 bits per heavy atom. The minimum Gasteiger partial charge on any atom is -0.398 e. The maximum absolute atomic E-state index is 12.5. The van der Waals surface area contributed by atoms with E-state index in [0.717, 1.165) is 17.7 Å². The number of benzene rings is 3. The molecule has 3 aromatic rings. The number of amides is 1. The van der Waals surface area contributed by atoms with Gasteiger partial charge >= 0.3 is 0 Å². The number of rotatable bonds is 4. The molecule has 0 unspecified atom stereocenters. The molecule has 0 bridgehead atoms. The highest BCUT2D eigenvalue weighted by Gasteiger charge is 2.24. The van der Waals surface area contributed by atoms with Crippen LogP contribution in [0.4, 0.5) is 11.4 Å². The van der Waals surface area contributed by atoms with Crippen LogP contribution >= 0.6 is 0 Å². The molecular weight excluding hydrogens is 420 g/mol. The summed E-state index contributed by atoms with van der Waals surface area (Å²) in [6.45, 7) is 1.75. The molecule has 3 rings (SSSR count). The first-order valence-corrected chi connectivity index (χ1v) is 11.0. The number of anilines is 2. The summed E-state index contributed by atoms with van der Waals surface area (Å²) in [5.74, 6) is -0.688. The first kappa shape index (κ1) is 20.7. The van der Waals surface area contributed by atoms with E-state index < -0.39 is 35.9 Å². The number of carbonyl (C=O) groups is 1. The molecule has 0 heterocycles. The summed E-state index contributed by atoms with van der Waals surface area (Å²) in [6, 6.07) is 10.4. The van der Waals surface area contributed by atoms with Gasteiger partial charge in [-0.15, -0.1) is 0 Å². The van der Waals surface area contributed by atoms with Crippen molar-refractivity contribution in [3.8, 4) is 0 Å². The van der Waals surface area contributed by atoms with E-state index in [1.54, 1.807) is 13.0 Å². The summed E-state index contributed by atoms with van der Waals surface area (Å²) in [5.41, 5.74) is 6.79. The lowest BCUT2D eigenvalue weighted by molar-refractivity contribution is 0.102. The molecule has 0 fully saturated rings. The van der Waals surface area contributed by atoms with Gasteiger partial charge in [-0.25, -0.2) is 0 Å². The fraction of sp³-hybridized carbons (Fsp3) is 0.0556. The fourth-order valence-corrected chi connectivity index (χ4v) is 4.44. The van der Waals surface area contributed by atoms with Crippen LogP contribution in [-0.2, 0) is 20.2 Å². The number of nitrogen functional groups attached to an aromatic ring is 1. The van der Waals surface area contributed by atoms with Crippen LogP contribution in [0, 0.1) is 6.92 Å². The van der Waals surface area contributed by atoms with Gasteiger partial charge in [-0.2, -0.15) is 16.8 Å². The number of fused-ring (bicyclic) bond motifs is 1. The Balaban J connectivity index is 2.20. The van der Waals surface area contributed by atoms with Crippen molar-refractivity contribution in [2.45, 2.75) is 16.7 Å². The monoisotopic (exact) mass is 436 g/mol. The van der Waals surface area contributed by atoms with Crippen molar-refractivity contribution in [1.29, 1.82) is 0 Å². The van der Waals surface area contributed by atoms with Crippen LogP contribution in [0.25, 0.3) is 10.8 Å². The van der Waals surface area contributed by atoms with Crippen molar-refractivity contribution in [3.05, 3.63) is 59.7 Å². The zero-order chi connectivity index (χ0) is 21.6. The molecule has 0 spiro atoms. The maximum atomic E-state index is 12.5. The molecule has 0 aliphatic heterocycles. The summed E-state index contributed by atoms with van der Waals surface area (Å²) in [6.07, 6.45) is 0. The van der Waals surface area contributed by atoms with Gasteiger partial charge in [0.25, 0.3) is 26.1 Å². The largest absolute Gasteiger partial charge is 0.398 e. The van der Waals surface area contributed by atoms with Crippen molar-refractivity contribution in [2.24, 2.45) is 0 Å². The molecule has 11 heteroatoms. The van der Waals surface area contributed by atoms with E-state index in [1.807, 2.05) is 0 Å². The van der Waals surface area contributed by atoms with E-state index in [1.165, 1.54) is 30.3 Å². The van der Waals surface area contributed by atoms with E-state index in [9.17, 15) is 30.7 Å². The Labute approximate surface area is 166 Å². The Bertz CT molecular complexity index is 1360. The standard InChI is InChI=1S/C18H16N2O7S2/c1-10-5-6-11(9-14(10)19)18(21)20-15-8-7-12-13(17(15)29(25,26)27)3-2-4-16(12)28(22,23)24/h2-9H,19H2,1H3,(H,20,21)(H,22,23,24)(H,25,26,27). The lowest BCUT2D eigenvalue weighted by atomic mass is 10.1.